The van der Waals surface area contributed by atoms with Crippen LogP contribution in [0.15, 0.2) is 47.4 Å². The van der Waals surface area contributed by atoms with E-state index in [0.717, 1.165) is 6.07 Å². The molecule has 0 atom stereocenters. The molecular formula is C19H13F3N2O4S2. The highest BCUT2D eigenvalue weighted by atomic mass is 32.2. The Kier molecular flexibility index (Phi) is 6.13. The molecular weight excluding hydrogens is 441 g/mol. The lowest BCUT2D eigenvalue weighted by Crippen LogP contribution is -2.27. The van der Waals surface area contributed by atoms with Gasteiger partial charge >= 0.3 is 11.9 Å². The molecule has 0 radical (unpaired) electrons. The topological polar surface area (TPSA) is 72.7 Å². The fourth-order valence-corrected chi connectivity index (χ4v) is 3.99. The van der Waals surface area contributed by atoms with Gasteiger partial charge in [-0.2, -0.15) is 13.2 Å². The molecule has 2 aromatic rings. The van der Waals surface area contributed by atoms with Crippen LogP contribution in [0.4, 0.5) is 18.9 Å². The van der Waals surface area contributed by atoms with Crippen molar-refractivity contribution in [2.75, 3.05) is 6.54 Å². The molecule has 1 amide bonds. The van der Waals surface area contributed by atoms with E-state index < -0.39 is 22.4 Å². The van der Waals surface area contributed by atoms with Crippen LogP contribution in [0.3, 0.4) is 0 Å². The second-order valence-electron chi connectivity index (χ2n) is 6.03. The van der Waals surface area contributed by atoms with Crippen molar-refractivity contribution in [2.24, 2.45) is 0 Å². The minimum Gasteiger partial charge on any atom is -0.450 e. The molecule has 0 aliphatic carbocycles. The number of halogens is 3. The van der Waals surface area contributed by atoms with Crippen molar-refractivity contribution in [2.45, 2.75) is 13.1 Å². The number of carbonyl (C=O) groups excluding carboxylic acids is 1. The zero-order valence-electron chi connectivity index (χ0n) is 15.3. The van der Waals surface area contributed by atoms with E-state index in [4.69, 9.17) is 17.0 Å². The Morgan fingerprint density at radius 3 is 2.43 bits per heavy atom. The molecule has 0 spiro atoms. The number of nitro benzene ring substituents is 1. The Labute approximate surface area is 178 Å². The van der Waals surface area contributed by atoms with E-state index in [1.807, 2.05) is 6.92 Å². The van der Waals surface area contributed by atoms with Gasteiger partial charge in [-0.25, -0.2) is 0 Å². The molecule has 1 aliphatic heterocycles. The molecule has 0 aromatic heterocycles. The molecule has 1 aliphatic rings. The molecule has 1 saturated heterocycles. The van der Waals surface area contributed by atoms with Gasteiger partial charge in [0.1, 0.15) is 10.1 Å². The van der Waals surface area contributed by atoms with Gasteiger partial charge in [0, 0.05) is 12.6 Å². The highest BCUT2D eigenvalue weighted by Gasteiger charge is 2.33. The smallest absolute Gasteiger partial charge is 0.416 e. The first-order valence-corrected chi connectivity index (χ1v) is 9.71. The van der Waals surface area contributed by atoms with Gasteiger partial charge in [-0.3, -0.25) is 19.8 Å². The molecule has 0 N–H and O–H groups in total. The van der Waals surface area contributed by atoms with Crippen LogP contribution in [-0.4, -0.2) is 26.6 Å². The first-order chi connectivity index (χ1) is 14.1. The van der Waals surface area contributed by atoms with Gasteiger partial charge in [0.25, 0.3) is 5.91 Å². The largest absolute Gasteiger partial charge is 0.450 e. The average Bonchev–Trinajstić information content (AvgIpc) is 2.95. The summed E-state index contributed by atoms with van der Waals surface area (Å²) in [7, 11) is 0. The fourth-order valence-electron chi connectivity index (χ4n) is 2.61. The molecule has 1 heterocycles. The first-order valence-electron chi connectivity index (χ1n) is 8.49. The van der Waals surface area contributed by atoms with Crippen molar-refractivity contribution in [3.05, 3.63) is 68.6 Å². The normalized spacial score (nSPS) is 15.7. The zero-order valence-corrected chi connectivity index (χ0v) is 16.9. The number of thiocarbonyl (C=S) groups is 1. The Hall–Kier alpha value is -2.92. The standard InChI is InChI=1S/C19H13F3N2O4S2/c1-2-23-17(25)16(30-18(23)29)9-11-3-6-13(7-4-11)28-15-8-5-12(19(20,21)22)10-14(15)24(26)27/h3-10H,2H2,1H3/b16-9-. The number of rotatable bonds is 5. The summed E-state index contributed by atoms with van der Waals surface area (Å²) in [5.41, 5.74) is -1.26. The Balaban J connectivity index is 1.81. The van der Waals surface area contributed by atoms with Crippen LogP contribution in [0.5, 0.6) is 11.5 Å². The van der Waals surface area contributed by atoms with Crippen molar-refractivity contribution in [1.29, 1.82) is 0 Å². The summed E-state index contributed by atoms with van der Waals surface area (Å²) in [4.78, 5) is 24.4. The quantitative estimate of drug-likeness (QED) is 0.252. The summed E-state index contributed by atoms with van der Waals surface area (Å²) in [6.45, 7) is 2.29. The Bertz CT molecular complexity index is 1050. The lowest BCUT2D eigenvalue weighted by Gasteiger charge is -2.10. The van der Waals surface area contributed by atoms with Gasteiger partial charge in [0.2, 0.25) is 5.75 Å². The summed E-state index contributed by atoms with van der Waals surface area (Å²) in [5.74, 6) is -0.311. The van der Waals surface area contributed by atoms with E-state index in [2.05, 4.69) is 0 Å². The van der Waals surface area contributed by atoms with Gasteiger partial charge in [0.15, 0.2) is 0 Å². The van der Waals surface area contributed by atoms with Crippen LogP contribution in [-0.2, 0) is 11.0 Å². The van der Waals surface area contributed by atoms with Crippen molar-refractivity contribution < 1.29 is 27.6 Å². The van der Waals surface area contributed by atoms with Gasteiger partial charge < -0.3 is 4.74 Å². The number of likely N-dealkylation sites (N-methyl/N-ethyl adjacent to an activating group) is 1. The number of hydrogen-bond acceptors (Lipinski definition) is 6. The van der Waals surface area contributed by atoms with E-state index in [1.165, 1.54) is 28.8 Å². The van der Waals surface area contributed by atoms with Crippen LogP contribution in [0.2, 0.25) is 0 Å². The summed E-state index contributed by atoms with van der Waals surface area (Å²) < 4.78 is 44.3. The molecule has 3 rings (SSSR count). The minimum absolute atomic E-state index is 0.187. The number of ether oxygens (including phenoxy) is 1. The van der Waals surface area contributed by atoms with Gasteiger partial charge in [-0.1, -0.05) is 36.1 Å². The maximum atomic E-state index is 12.8. The highest BCUT2D eigenvalue weighted by Crippen LogP contribution is 2.38. The summed E-state index contributed by atoms with van der Waals surface area (Å²) in [6.07, 6.45) is -3.05. The zero-order chi connectivity index (χ0) is 22.1. The van der Waals surface area contributed by atoms with E-state index in [0.29, 0.717) is 33.5 Å². The first kappa shape index (κ1) is 21.8. The van der Waals surface area contributed by atoms with Crippen LogP contribution in [0.25, 0.3) is 6.08 Å². The molecule has 0 saturated carbocycles. The third-order valence-corrected chi connectivity index (χ3v) is 5.46. The second kappa shape index (κ2) is 8.44. The van der Waals surface area contributed by atoms with Gasteiger partial charge in [-0.05, 0) is 42.8 Å². The van der Waals surface area contributed by atoms with E-state index in [1.54, 1.807) is 18.2 Å². The molecule has 1 fully saturated rings. The molecule has 0 bridgehead atoms. The third kappa shape index (κ3) is 4.62. The second-order valence-corrected chi connectivity index (χ2v) is 7.71. The van der Waals surface area contributed by atoms with E-state index in [-0.39, 0.29) is 17.4 Å². The van der Waals surface area contributed by atoms with Crippen molar-refractivity contribution in [3.63, 3.8) is 0 Å². The molecule has 11 heteroatoms. The van der Waals surface area contributed by atoms with E-state index in [9.17, 15) is 28.1 Å². The van der Waals surface area contributed by atoms with Gasteiger partial charge in [-0.15, -0.1) is 0 Å². The highest BCUT2D eigenvalue weighted by molar-refractivity contribution is 8.26. The molecule has 0 unspecified atom stereocenters. The molecule has 6 nitrogen and oxygen atoms in total. The maximum absolute atomic E-state index is 12.8. The average molecular weight is 454 g/mol. The van der Waals surface area contributed by atoms with Crippen molar-refractivity contribution in [3.8, 4) is 11.5 Å². The van der Waals surface area contributed by atoms with Crippen LogP contribution < -0.4 is 4.74 Å². The minimum atomic E-state index is -4.70. The van der Waals surface area contributed by atoms with Crippen LogP contribution in [0.1, 0.15) is 18.1 Å². The SMILES string of the molecule is CCN1C(=O)/C(=C/c2ccc(Oc3ccc(C(F)(F)F)cc3[N+](=O)[O-])cc2)SC1=S. The Morgan fingerprint density at radius 2 is 1.90 bits per heavy atom. The van der Waals surface area contributed by atoms with E-state index >= 15 is 0 Å². The number of hydrogen-bond donors (Lipinski definition) is 0. The number of nitro groups is 1. The van der Waals surface area contributed by atoms with Gasteiger partial charge in [0.05, 0.1) is 15.4 Å². The van der Waals surface area contributed by atoms with Crippen molar-refractivity contribution >= 4 is 46.0 Å². The molecule has 2 aromatic carbocycles. The predicted octanol–water partition coefficient (Wildman–Crippen LogP) is 5.63. The Morgan fingerprint density at radius 1 is 1.23 bits per heavy atom. The number of alkyl halides is 3. The number of nitrogens with zero attached hydrogens (tertiary/aromatic N) is 2. The summed E-state index contributed by atoms with van der Waals surface area (Å²) in [6, 6.07) is 8.27. The summed E-state index contributed by atoms with van der Waals surface area (Å²) >= 11 is 6.34. The number of thioether (sulfide) groups is 1. The lowest BCUT2D eigenvalue weighted by molar-refractivity contribution is -0.385. The summed E-state index contributed by atoms with van der Waals surface area (Å²) in [5, 5.41) is 11.1. The number of amides is 1. The maximum Gasteiger partial charge on any atom is 0.416 e. The number of carbonyl (C=O) groups is 1. The fraction of sp³-hybridized carbons (Fsp3) is 0.158. The third-order valence-electron chi connectivity index (χ3n) is 4.08. The van der Waals surface area contributed by atoms with Crippen LogP contribution in [0, 0.1) is 10.1 Å². The predicted molar refractivity (Wildman–Crippen MR) is 110 cm³/mol. The lowest BCUT2D eigenvalue weighted by atomic mass is 10.1. The molecule has 30 heavy (non-hydrogen) atoms. The molecule has 156 valence electrons. The number of benzene rings is 2. The van der Waals surface area contributed by atoms with Crippen molar-refractivity contribution in [1.82, 2.24) is 4.90 Å². The monoisotopic (exact) mass is 454 g/mol. The van der Waals surface area contributed by atoms with Crippen LogP contribution >= 0.6 is 24.0 Å².